The Kier molecular flexibility index (Phi) is 4.28. The fourth-order valence-electron chi connectivity index (χ4n) is 1.22. The van der Waals surface area contributed by atoms with Gasteiger partial charge in [0.25, 0.3) is 0 Å². The lowest BCUT2D eigenvalue weighted by atomic mass is 10.1. The number of hydrogen-bond donors (Lipinski definition) is 0. The average molecular weight is 210 g/mol. The van der Waals surface area contributed by atoms with E-state index in [1.165, 1.54) is 6.07 Å². The van der Waals surface area contributed by atoms with Crippen molar-refractivity contribution in [1.82, 2.24) is 0 Å². The Bertz CT molecular complexity index is 348. The molecule has 0 saturated heterocycles. The van der Waals surface area contributed by atoms with Crippen molar-refractivity contribution in [3.63, 3.8) is 0 Å². The summed E-state index contributed by atoms with van der Waals surface area (Å²) in [5.74, 6) is 0.0663. The van der Waals surface area contributed by atoms with Gasteiger partial charge in [-0.3, -0.25) is 4.79 Å². The van der Waals surface area contributed by atoms with Gasteiger partial charge in [-0.2, -0.15) is 0 Å². The van der Waals surface area contributed by atoms with Crippen LogP contribution in [0.4, 0.5) is 4.39 Å². The number of ether oxygens (including phenoxy) is 1. The standard InChI is InChI=1S/C12H15FO2/c1-3-4-5-15-12-7-10(8-14)6-11(13)9(12)2/h6-8H,3-5H2,1-2H3. The number of halogens is 1. The summed E-state index contributed by atoms with van der Waals surface area (Å²) < 4.78 is 18.7. The van der Waals surface area contributed by atoms with E-state index in [0.717, 1.165) is 12.8 Å². The molecular formula is C12H15FO2. The van der Waals surface area contributed by atoms with Gasteiger partial charge < -0.3 is 4.74 Å². The van der Waals surface area contributed by atoms with Crippen LogP contribution >= 0.6 is 0 Å². The monoisotopic (exact) mass is 210 g/mol. The van der Waals surface area contributed by atoms with Gasteiger partial charge in [-0.05, 0) is 25.5 Å². The predicted octanol–water partition coefficient (Wildman–Crippen LogP) is 3.13. The molecule has 1 aromatic rings. The van der Waals surface area contributed by atoms with E-state index in [4.69, 9.17) is 4.74 Å². The molecule has 0 saturated carbocycles. The Hall–Kier alpha value is -1.38. The highest BCUT2D eigenvalue weighted by molar-refractivity contribution is 5.76. The van der Waals surface area contributed by atoms with Gasteiger partial charge in [0.05, 0.1) is 6.61 Å². The Balaban J connectivity index is 2.85. The second-order valence-electron chi connectivity index (χ2n) is 3.45. The minimum Gasteiger partial charge on any atom is -0.493 e. The van der Waals surface area contributed by atoms with Crippen molar-refractivity contribution in [3.8, 4) is 5.75 Å². The Morgan fingerprint density at radius 2 is 2.20 bits per heavy atom. The van der Waals surface area contributed by atoms with Crippen LogP contribution in [0.15, 0.2) is 12.1 Å². The minimum absolute atomic E-state index is 0.310. The molecule has 2 nitrogen and oxygen atoms in total. The molecule has 0 aliphatic carbocycles. The first-order valence-electron chi connectivity index (χ1n) is 5.07. The molecule has 0 aliphatic heterocycles. The number of hydrogen-bond acceptors (Lipinski definition) is 2. The van der Waals surface area contributed by atoms with Crippen LogP contribution in [0.5, 0.6) is 5.75 Å². The molecule has 0 fully saturated rings. The molecule has 1 rings (SSSR count). The summed E-state index contributed by atoms with van der Waals surface area (Å²) in [6, 6.07) is 2.79. The smallest absolute Gasteiger partial charge is 0.150 e. The van der Waals surface area contributed by atoms with Crippen LogP contribution in [0.2, 0.25) is 0 Å². The van der Waals surface area contributed by atoms with E-state index in [2.05, 4.69) is 6.92 Å². The summed E-state index contributed by atoms with van der Waals surface area (Å²) in [5, 5.41) is 0. The fraction of sp³-hybridized carbons (Fsp3) is 0.417. The van der Waals surface area contributed by atoms with Crippen molar-refractivity contribution in [1.29, 1.82) is 0 Å². The first-order valence-corrected chi connectivity index (χ1v) is 5.07. The third-order valence-electron chi connectivity index (χ3n) is 2.21. The van der Waals surface area contributed by atoms with E-state index < -0.39 is 5.82 Å². The van der Waals surface area contributed by atoms with Gasteiger partial charge in [-0.25, -0.2) is 4.39 Å². The van der Waals surface area contributed by atoms with Crippen molar-refractivity contribution in [2.75, 3.05) is 6.61 Å². The van der Waals surface area contributed by atoms with Gasteiger partial charge in [-0.1, -0.05) is 13.3 Å². The Morgan fingerprint density at radius 1 is 1.47 bits per heavy atom. The number of benzene rings is 1. The summed E-state index contributed by atoms with van der Waals surface area (Å²) in [5.41, 5.74) is 0.765. The molecule has 3 heteroatoms. The summed E-state index contributed by atoms with van der Waals surface area (Å²) in [6.07, 6.45) is 2.57. The lowest BCUT2D eigenvalue weighted by molar-refractivity contribution is 0.112. The highest BCUT2D eigenvalue weighted by Gasteiger charge is 2.07. The topological polar surface area (TPSA) is 26.3 Å². The second-order valence-corrected chi connectivity index (χ2v) is 3.45. The number of carbonyl (C=O) groups excluding carboxylic acids is 1. The van der Waals surface area contributed by atoms with Crippen molar-refractivity contribution < 1.29 is 13.9 Å². The first kappa shape index (κ1) is 11.7. The summed E-state index contributed by atoms with van der Waals surface area (Å²) in [6.45, 7) is 4.25. The van der Waals surface area contributed by atoms with E-state index in [1.54, 1.807) is 13.0 Å². The maximum absolute atomic E-state index is 13.3. The van der Waals surface area contributed by atoms with Crippen molar-refractivity contribution in [3.05, 3.63) is 29.1 Å². The van der Waals surface area contributed by atoms with Crippen LogP contribution in [0.25, 0.3) is 0 Å². The maximum Gasteiger partial charge on any atom is 0.150 e. The maximum atomic E-state index is 13.3. The third-order valence-corrected chi connectivity index (χ3v) is 2.21. The molecule has 15 heavy (non-hydrogen) atoms. The lowest BCUT2D eigenvalue weighted by Crippen LogP contribution is -2.00. The molecule has 0 heterocycles. The summed E-state index contributed by atoms with van der Waals surface area (Å²) in [7, 11) is 0. The molecule has 0 aromatic heterocycles. The zero-order valence-corrected chi connectivity index (χ0v) is 9.05. The summed E-state index contributed by atoms with van der Waals surface area (Å²) in [4.78, 5) is 10.5. The van der Waals surface area contributed by atoms with Crippen LogP contribution < -0.4 is 4.74 Å². The third kappa shape index (κ3) is 3.05. The number of aldehydes is 1. The minimum atomic E-state index is -0.397. The van der Waals surface area contributed by atoms with Crippen molar-refractivity contribution >= 4 is 6.29 Å². The van der Waals surface area contributed by atoms with E-state index in [-0.39, 0.29) is 0 Å². The molecule has 0 amide bonds. The molecule has 0 bridgehead atoms. The van der Waals surface area contributed by atoms with Crippen LogP contribution in [0.1, 0.15) is 35.7 Å². The van der Waals surface area contributed by atoms with Crippen LogP contribution in [-0.4, -0.2) is 12.9 Å². The van der Waals surface area contributed by atoms with Crippen molar-refractivity contribution in [2.45, 2.75) is 26.7 Å². The number of unbranched alkanes of at least 4 members (excludes halogenated alkanes) is 1. The van der Waals surface area contributed by atoms with Gasteiger partial charge in [0, 0.05) is 11.1 Å². The molecule has 0 atom stereocenters. The number of carbonyl (C=O) groups is 1. The molecule has 82 valence electrons. The van der Waals surface area contributed by atoms with Crippen LogP contribution in [-0.2, 0) is 0 Å². The first-order chi connectivity index (χ1) is 7.19. The highest BCUT2D eigenvalue weighted by Crippen LogP contribution is 2.22. The SMILES string of the molecule is CCCCOc1cc(C=O)cc(F)c1C. The van der Waals surface area contributed by atoms with Crippen LogP contribution in [0, 0.1) is 12.7 Å². The fourth-order valence-corrected chi connectivity index (χ4v) is 1.22. The predicted molar refractivity (Wildman–Crippen MR) is 56.9 cm³/mol. The largest absolute Gasteiger partial charge is 0.493 e. The van der Waals surface area contributed by atoms with Crippen LogP contribution in [0.3, 0.4) is 0 Å². The average Bonchev–Trinajstić information content (AvgIpc) is 2.24. The van der Waals surface area contributed by atoms with Gasteiger partial charge in [0.15, 0.2) is 0 Å². The highest BCUT2D eigenvalue weighted by atomic mass is 19.1. The number of rotatable bonds is 5. The Morgan fingerprint density at radius 3 is 2.80 bits per heavy atom. The normalized spacial score (nSPS) is 10.1. The van der Waals surface area contributed by atoms with Gasteiger partial charge in [0.2, 0.25) is 0 Å². The lowest BCUT2D eigenvalue weighted by Gasteiger charge is -2.09. The van der Waals surface area contributed by atoms with Crippen molar-refractivity contribution in [2.24, 2.45) is 0 Å². The second kappa shape index (κ2) is 5.49. The molecule has 0 unspecified atom stereocenters. The quantitative estimate of drug-likeness (QED) is 0.551. The van der Waals surface area contributed by atoms with E-state index in [9.17, 15) is 9.18 Å². The summed E-state index contributed by atoms with van der Waals surface area (Å²) >= 11 is 0. The zero-order chi connectivity index (χ0) is 11.3. The molecule has 0 aliphatic rings. The van der Waals surface area contributed by atoms with E-state index in [0.29, 0.717) is 29.8 Å². The Labute approximate surface area is 89.1 Å². The van der Waals surface area contributed by atoms with Gasteiger partial charge in [0.1, 0.15) is 17.9 Å². The van der Waals surface area contributed by atoms with Gasteiger partial charge in [-0.15, -0.1) is 0 Å². The molecule has 1 aromatic carbocycles. The van der Waals surface area contributed by atoms with Gasteiger partial charge >= 0.3 is 0 Å². The molecule has 0 radical (unpaired) electrons. The zero-order valence-electron chi connectivity index (χ0n) is 9.05. The molecule has 0 spiro atoms. The molecular weight excluding hydrogens is 195 g/mol. The molecule has 0 N–H and O–H groups in total. The van der Waals surface area contributed by atoms with E-state index >= 15 is 0 Å². The van der Waals surface area contributed by atoms with E-state index in [1.807, 2.05) is 0 Å².